The van der Waals surface area contributed by atoms with E-state index in [0.29, 0.717) is 24.2 Å². The Balaban J connectivity index is 2.33. The summed E-state index contributed by atoms with van der Waals surface area (Å²) in [5.41, 5.74) is 0. The molecule has 0 amide bonds. The molecule has 2 atom stereocenters. The Bertz CT molecular complexity index is 269. The highest BCUT2D eigenvalue weighted by atomic mass is 16.5. The number of rotatable bonds is 10. The Kier molecular flexibility index (Phi) is 8.79. The topological polar surface area (TPSA) is 27.7 Å². The van der Waals surface area contributed by atoms with E-state index in [2.05, 4.69) is 56.9 Å². The Morgan fingerprint density at radius 2 is 1.71 bits per heavy atom. The third kappa shape index (κ3) is 8.77. The Morgan fingerprint density at radius 3 is 2.29 bits per heavy atom. The maximum atomic E-state index is 6.21. The van der Waals surface area contributed by atoms with E-state index in [1.165, 1.54) is 19.4 Å². The first-order valence-corrected chi connectivity index (χ1v) is 8.62. The highest BCUT2D eigenvalue weighted by Crippen LogP contribution is 2.20. The minimum absolute atomic E-state index is 0.409. The minimum Gasteiger partial charge on any atom is -0.372 e. The van der Waals surface area contributed by atoms with E-state index in [9.17, 15) is 0 Å². The third-order valence-corrected chi connectivity index (χ3v) is 3.90. The van der Waals surface area contributed by atoms with E-state index in [4.69, 9.17) is 4.74 Å². The number of hydrogen-bond donors (Lipinski definition) is 1. The first kappa shape index (κ1) is 18.9. The van der Waals surface area contributed by atoms with Crippen molar-refractivity contribution in [2.24, 2.45) is 5.92 Å². The second kappa shape index (κ2) is 9.78. The van der Waals surface area contributed by atoms with Crippen molar-refractivity contribution in [2.45, 2.75) is 58.8 Å². The molecule has 1 fully saturated rings. The van der Waals surface area contributed by atoms with Crippen LogP contribution in [0.4, 0.5) is 0 Å². The molecule has 0 radical (unpaired) electrons. The predicted octanol–water partition coefficient (Wildman–Crippen LogP) is 2.05. The SMILES string of the molecule is CC(C)CN(CCN(C)C)CC1CCC(CNC(C)C)O1. The molecule has 0 saturated carbocycles. The molecule has 0 aliphatic carbocycles. The van der Waals surface area contributed by atoms with Crippen LogP contribution in [0, 0.1) is 5.92 Å². The van der Waals surface area contributed by atoms with Crippen molar-refractivity contribution in [3.05, 3.63) is 0 Å². The van der Waals surface area contributed by atoms with Gasteiger partial charge >= 0.3 is 0 Å². The van der Waals surface area contributed by atoms with Crippen LogP contribution in [0.3, 0.4) is 0 Å². The van der Waals surface area contributed by atoms with Crippen molar-refractivity contribution >= 4 is 0 Å². The summed E-state index contributed by atoms with van der Waals surface area (Å²) in [7, 11) is 4.29. The van der Waals surface area contributed by atoms with E-state index in [-0.39, 0.29) is 0 Å². The van der Waals surface area contributed by atoms with E-state index < -0.39 is 0 Å². The molecule has 0 bridgehead atoms. The van der Waals surface area contributed by atoms with Gasteiger partial charge in [0.2, 0.25) is 0 Å². The number of nitrogens with zero attached hydrogens (tertiary/aromatic N) is 2. The van der Waals surface area contributed by atoms with E-state index in [1.54, 1.807) is 0 Å². The average molecular weight is 300 g/mol. The fourth-order valence-corrected chi connectivity index (χ4v) is 2.83. The molecule has 0 aromatic carbocycles. The molecular weight excluding hydrogens is 262 g/mol. The quantitative estimate of drug-likeness (QED) is 0.668. The van der Waals surface area contributed by atoms with Crippen molar-refractivity contribution in [3.8, 4) is 0 Å². The van der Waals surface area contributed by atoms with Gasteiger partial charge in [0.15, 0.2) is 0 Å². The van der Waals surface area contributed by atoms with Gasteiger partial charge in [-0.3, -0.25) is 4.90 Å². The summed E-state index contributed by atoms with van der Waals surface area (Å²) in [5, 5.41) is 3.49. The van der Waals surface area contributed by atoms with Gasteiger partial charge in [-0.1, -0.05) is 27.7 Å². The Labute approximate surface area is 132 Å². The van der Waals surface area contributed by atoms with Crippen molar-refractivity contribution < 1.29 is 4.74 Å². The van der Waals surface area contributed by atoms with Crippen molar-refractivity contribution in [1.29, 1.82) is 0 Å². The molecule has 1 aliphatic rings. The highest BCUT2D eigenvalue weighted by molar-refractivity contribution is 4.79. The first-order chi connectivity index (χ1) is 9.86. The summed E-state index contributed by atoms with van der Waals surface area (Å²) in [4.78, 5) is 4.84. The maximum Gasteiger partial charge on any atom is 0.0707 e. The monoisotopic (exact) mass is 299 g/mol. The van der Waals surface area contributed by atoms with Crippen LogP contribution in [0.25, 0.3) is 0 Å². The summed E-state index contributed by atoms with van der Waals surface area (Å²) < 4.78 is 6.21. The smallest absolute Gasteiger partial charge is 0.0707 e. The van der Waals surface area contributed by atoms with Gasteiger partial charge in [-0.2, -0.15) is 0 Å². The van der Waals surface area contributed by atoms with Crippen LogP contribution in [-0.2, 0) is 4.74 Å². The zero-order valence-corrected chi connectivity index (χ0v) is 15.1. The lowest BCUT2D eigenvalue weighted by atomic mass is 10.1. The normalized spacial score (nSPS) is 23.1. The van der Waals surface area contributed by atoms with Crippen LogP contribution < -0.4 is 5.32 Å². The fraction of sp³-hybridized carbons (Fsp3) is 1.00. The van der Waals surface area contributed by atoms with Crippen molar-refractivity contribution in [3.63, 3.8) is 0 Å². The molecule has 126 valence electrons. The highest BCUT2D eigenvalue weighted by Gasteiger charge is 2.26. The van der Waals surface area contributed by atoms with E-state index in [1.807, 2.05) is 0 Å². The van der Waals surface area contributed by atoms with Gasteiger partial charge < -0.3 is 15.0 Å². The van der Waals surface area contributed by atoms with Crippen LogP contribution in [0.2, 0.25) is 0 Å². The molecule has 1 saturated heterocycles. The van der Waals surface area contributed by atoms with Crippen molar-refractivity contribution in [1.82, 2.24) is 15.1 Å². The number of ether oxygens (including phenoxy) is 1. The lowest BCUT2D eigenvalue weighted by Crippen LogP contribution is -2.40. The van der Waals surface area contributed by atoms with Gasteiger partial charge in [0, 0.05) is 38.8 Å². The van der Waals surface area contributed by atoms with Gasteiger partial charge in [-0.05, 0) is 32.9 Å². The molecule has 0 spiro atoms. The average Bonchev–Trinajstić information content (AvgIpc) is 2.80. The maximum absolute atomic E-state index is 6.21. The second-order valence-electron chi connectivity index (χ2n) is 7.48. The summed E-state index contributed by atoms with van der Waals surface area (Å²) in [5.74, 6) is 0.715. The van der Waals surface area contributed by atoms with Gasteiger partial charge in [-0.25, -0.2) is 0 Å². The Morgan fingerprint density at radius 1 is 1.05 bits per heavy atom. The zero-order valence-electron chi connectivity index (χ0n) is 15.1. The molecule has 1 rings (SSSR count). The summed E-state index contributed by atoms with van der Waals surface area (Å²) >= 11 is 0. The number of nitrogens with one attached hydrogen (secondary N) is 1. The molecular formula is C17H37N3O. The first-order valence-electron chi connectivity index (χ1n) is 8.62. The predicted molar refractivity (Wildman–Crippen MR) is 90.9 cm³/mol. The minimum atomic E-state index is 0.409. The molecule has 1 aliphatic heterocycles. The summed E-state index contributed by atoms with van der Waals surface area (Å²) in [6.07, 6.45) is 3.24. The molecule has 4 nitrogen and oxygen atoms in total. The third-order valence-electron chi connectivity index (χ3n) is 3.90. The fourth-order valence-electron chi connectivity index (χ4n) is 2.83. The molecule has 2 unspecified atom stereocenters. The molecule has 1 heterocycles. The van der Waals surface area contributed by atoms with Crippen LogP contribution in [0.1, 0.15) is 40.5 Å². The lowest BCUT2D eigenvalue weighted by molar-refractivity contribution is 0.0196. The zero-order chi connectivity index (χ0) is 15.8. The van der Waals surface area contributed by atoms with Crippen molar-refractivity contribution in [2.75, 3.05) is 46.8 Å². The molecule has 0 aromatic rings. The number of hydrogen-bond acceptors (Lipinski definition) is 4. The molecule has 1 N–H and O–H groups in total. The number of likely N-dealkylation sites (N-methyl/N-ethyl adjacent to an activating group) is 1. The summed E-state index contributed by atoms with van der Waals surface area (Å²) in [6.45, 7) is 14.5. The lowest BCUT2D eigenvalue weighted by Gasteiger charge is -2.28. The molecule has 4 heteroatoms. The van der Waals surface area contributed by atoms with Gasteiger partial charge in [0.1, 0.15) is 0 Å². The van der Waals surface area contributed by atoms with Gasteiger partial charge in [0.25, 0.3) is 0 Å². The standard InChI is InChI=1S/C17H37N3O/c1-14(2)12-20(10-9-19(5)6)13-17-8-7-16(21-17)11-18-15(3)4/h14-18H,7-13H2,1-6H3. The largest absolute Gasteiger partial charge is 0.372 e. The second-order valence-corrected chi connectivity index (χ2v) is 7.48. The van der Waals surface area contributed by atoms with Crippen LogP contribution in [-0.4, -0.2) is 74.9 Å². The van der Waals surface area contributed by atoms with E-state index in [0.717, 1.165) is 26.2 Å². The van der Waals surface area contributed by atoms with Gasteiger partial charge in [-0.15, -0.1) is 0 Å². The Hall–Kier alpha value is -0.160. The van der Waals surface area contributed by atoms with Gasteiger partial charge in [0.05, 0.1) is 12.2 Å². The van der Waals surface area contributed by atoms with Crippen LogP contribution in [0.15, 0.2) is 0 Å². The van der Waals surface area contributed by atoms with Crippen LogP contribution >= 0.6 is 0 Å². The molecule has 0 aromatic heterocycles. The van der Waals surface area contributed by atoms with Crippen LogP contribution in [0.5, 0.6) is 0 Å². The van der Waals surface area contributed by atoms with E-state index >= 15 is 0 Å². The summed E-state index contributed by atoms with van der Waals surface area (Å²) in [6, 6.07) is 0.546. The molecule has 21 heavy (non-hydrogen) atoms.